The Morgan fingerprint density at radius 3 is 2.44 bits per heavy atom. The van der Waals surface area contributed by atoms with Gasteiger partial charge in [0.1, 0.15) is 5.75 Å². The number of phenols is 1. The quantitative estimate of drug-likeness (QED) is 0.835. The summed E-state index contributed by atoms with van der Waals surface area (Å²) in [6.45, 7) is 6.07. The van der Waals surface area contributed by atoms with Crippen molar-refractivity contribution in [3.8, 4) is 5.75 Å². The fraction of sp³-hybridized carbons (Fsp3) is 0.538. The zero-order valence-corrected chi connectivity index (χ0v) is 11.9. The summed E-state index contributed by atoms with van der Waals surface area (Å²) >= 11 is 0. The maximum atomic E-state index is 12.0. The fourth-order valence-corrected chi connectivity index (χ4v) is 2.94. The molecule has 0 saturated carbocycles. The highest BCUT2D eigenvalue weighted by atomic mass is 32.2. The molecule has 2 N–H and O–H groups in total. The smallest absolute Gasteiger partial charge is 0.240 e. The van der Waals surface area contributed by atoms with Crippen LogP contribution in [0.4, 0.5) is 0 Å². The van der Waals surface area contributed by atoms with E-state index >= 15 is 0 Å². The first kappa shape index (κ1) is 15.0. The molecular weight excluding hydrogens is 250 g/mol. The van der Waals surface area contributed by atoms with Crippen LogP contribution in [-0.4, -0.2) is 19.6 Å². The molecule has 1 unspecified atom stereocenters. The third-order valence-electron chi connectivity index (χ3n) is 2.66. The van der Waals surface area contributed by atoms with Crippen molar-refractivity contribution < 1.29 is 13.5 Å². The molecule has 1 rings (SSSR count). The summed E-state index contributed by atoms with van der Waals surface area (Å²) in [6.07, 6.45) is 1.78. The van der Waals surface area contributed by atoms with Crippen molar-refractivity contribution in [1.29, 1.82) is 0 Å². The van der Waals surface area contributed by atoms with Crippen molar-refractivity contribution >= 4 is 10.0 Å². The first-order valence-corrected chi connectivity index (χ1v) is 7.61. The Morgan fingerprint density at radius 2 is 1.89 bits per heavy atom. The number of hydrogen-bond acceptors (Lipinski definition) is 3. The number of rotatable bonds is 6. The summed E-state index contributed by atoms with van der Waals surface area (Å²) in [6, 6.07) is 5.57. The van der Waals surface area contributed by atoms with Gasteiger partial charge in [0.25, 0.3) is 0 Å². The average Bonchev–Trinajstić information content (AvgIpc) is 2.26. The van der Waals surface area contributed by atoms with Crippen molar-refractivity contribution in [2.45, 2.75) is 44.6 Å². The number of aromatic hydroxyl groups is 1. The first-order chi connectivity index (χ1) is 8.31. The predicted octanol–water partition coefficient (Wildman–Crippen LogP) is 2.50. The van der Waals surface area contributed by atoms with E-state index in [0.717, 1.165) is 12.8 Å². The van der Waals surface area contributed by atoms with Crippen molar-refractivity contribution in [2.75, 3.05) is 0 Å². The first-order valence-electron chi connectivity index (χ1n) is 6.12. The lowest BCUT2D eigenvalue weighted by atomic mass is 10.1. The molecular formula is C13H21NO3S. The minimum Gasteiger partial charge on any atom is -0.508 e. The molecule has 0 fully saturated rings. The van der Waals surface area contributed by atoms with Crippen molar-refractivity contribution in [3.63, 3.8) is 0 Å². The Bertz CT molecular complexity index is 483. The van der Waals surface area contributed by atoms with E-state index in [-0.39, 0.29) is 16.7 Å². The van der Waals surface area contributed by atoms with Gasteiger partial charge in [-0.2, -0.15) is 0 Å². The molecule has 5 heteroatoms. The monoisotopic (exact) mass is 271 g/mol. The zero-order valence-electron chi connectivity index (χ0n) is 11.1. The Morgan fingerprint density at radius 1 is 1.22 bits per heavy atom. The minimum atomic E-state index is -3.54. The van der Waals surface area contributed by atoms with E-state index in [4.69, 9.17) is 0 Å². The normalized spacial score (nSPS) is 13.8. The molecule has 0 heterocycles. The Balaban J connectivity index is 2.70. The van der Waals surface area contributed by atoms with Crippen LogP contribution in [0.15, 0.2) is 29.2 Å². The van der Waals surface area contributed by atoms with E-state index in [1.54, 1.807) is 0 Å². The second kappa shape index (κ2) is 6.20. The van der Waals surface area contributed by atoms with Crippen molar-refractivity contribution in [3.05, 3.63) is 24.3 Å². The summed E-state index contributed by atoms with van der Waals surface area (Å²) in [4.78, 5) is 0.0962. The van der Waals surface area contributed by atoms with Crippen LogP contribution in [0, 0.1) is 5.92 Å². The number of hydrogen-bond donors (Lipinski definition) is 2. The van der Waals surface area contributed by atoms with Crippen LogP contribution < -0.4 is 4.72 Å². The molecule has 0 aromatic heterocycles. The lowest BCUT2D eigenvalue weighted by Crippen LogP contribution is -2.32. The van der Waals surface area contributed by atoms with E-state index < -0.39 is 10.0 Å². The Hall–Kier alpha value is -1.07. The maximum Gasteiger partial charge on any atom is 0.240 e. The van der Waals surface area contributed by atoms with Gasteiger partial charge in [-0.3, -0.25) is 0 Å². The Labute approximate surface area is 109 Å². The van der Waals surface area contributed by atoms with Gasteiger partial charge in [-0.05, 0) is 43.9 Å². The number of sulfonamides is 1. The van der Waals surface area contributed by atoms with Gasteiger partial charge >= 0.3 is 0 Å². The summed E-state index contributed by atoms with van der Waals surface area (Å²) in [5.74, 6) is 0.505. The van der Waals surface area contributed by atoms with Crippen LogP contribution in [0.25, 0.3) is 0 Å². The topological polar surface area (TPSA) is 66.4 Å². The molecule has 0 aliphatic rings. The highest BCUT2D eigenvalue weighted by molar-refractivity contribution is 7.89. The molecule has 0 saturated heterocycles. The van der Waals surface area contributed by atoms with Gasteiger partial charge in [0.05, 0.1) is 4.90 Å². The van der Waals surface area contributed by atoms with Crippen molar-refractivity contribution in [1.82, 2.24) is 4.72 Å². The SMILES string of the molecule is CC(C)CCC(C)NS(=O)(=O)c1cccc(O)c1. The van der Waals surface area contributed by atoms with Gasteiger partial charge in [-0.1, -0.05) is 19.9 Å². The van der Waals surface area contributed by atoms with Gasteiger partial charge in [0, 0.05) is 6.04 Å². The largest absolute Gasteiger partial charge is 0.508 e. The average molecular weight is 271 g/mol. The molecule has 4 nitrogen and oxygen atoms in total. The van der Waals surface area contributed by atoms with Crippen molar-refractivity contribution in [2.24, 2.45) is 5.92 Å². The van der Waals surface area contributed by atoms with Crippen LogP contribution >= 0.6 is 0 Å². The number of nitrogens with one attached hydrogen (secondary N) is 1. The van der Waals surface area contributed by atoms with Gasteiger partial charge in [0.15, 0.2) is 0 Å². The van der Waals surface area contributed by atoms with E-state index in [1.807, 2.05) is 6.92 Å². The zero-order chi connectivity index (χ0) is 13.8. The molecule has 0 bridgehead atoms. The van der Waals surface area contributed by atoms with Crippen LogP contribution in [0.2, 0.25) is 0 Å². The second-order valence-electron chi connectivity index (χ2n) is 4.99. The molecule has 1 aromatic rings. The molecule has 18 heavy (non-hydrogen) atoms. The molecule has 0 aliphatic heterocycles. The van der Waals surface area contributed by atoms with Gasteiger partial charge < -0.3 is 5.11 Å². The molecule has 102 valence electrons. The third-order valence-corrected chi connectivity index (χ3v) is 4.25. The van der Waals surface area contributed by atoms with Crippen LogP contribution in [0.1, 0.15) is 33.6 Å². The van der Waals surface area contributed by atoms with Crippen LogP contribution in [0.5, 0.6) is 5.75 Å². The fourth-order valence-electron chi connectivity index (χ4n) is 1.63. The van der Waals surface area contributed by atoms with Gasteiger partial charge in [-0.15, -0.1) is 0 Å². The minimum absolute atomic E-state index is 0.0484. The molecule has 0 spiro atoms. The highest BCUT2D eigenvalue weighted by Crippen LogP contribution is 2.17. The second-order valence-corrected chi connectivity index (χ2v) is 6.70. The summed E-state index contributed by atoms with van der Waals surface area (Å²) < 4.78 is 26.7. The third kappa shape index (κ3) is 4.66. The lowest BCUT2D eigenvalue weighted by Gasteiger charge is -2.15. The predicted molar refractivity (Wildman–Crippen MR) is 72.0 cm³/mol. The summed E-state index contributed by atoms with van der Waals surface area (Å²) in [7, 11) is -3.54. The molecule has 0 radical (unpaired) electrons. The molecule has 1 aromatic carbocycles. The van der Waals surface area contributed by atoms with E-state index in [9.17, 15) is 13.5 Å². The van der Waals surface area contributed by atoms with E-state index in [1.165, 1.54) is 24.3 Å². The molecule has 1 atom stereocenters. The Kier molecular flexibility index (Phi) is 5.16. The highest BCUT2D eigenvalue weighted by Gasteiger charge is 2.17. The lowest BCUT2D eigenvalue weighted by molar-refractivity contribution is 0.471. The standard InChI is InChI=1S/C13H21NO3S/c1-10(2)7-8-11(3)14-18(16,17)13-6-4-5-12(15)9-13/h4-6,9-11,14-15H,7-8H2,1-3H3. The number of phenolic OH excluding ortho intramolecular Hbond substituents is 1. The van der Waals surface area contributed by atoms with E-state index in [0.29, 0.717) is 5.92 Å². The van der Waals surface area contributed by atoms with Gasteiger partial charge in [-0.25, -0.2) is 13.1 Å². The van der Waals surface area contributed by atoms with Crippen LogP contribution in [0.3, 0.4) is 0 Å². The molecule has 0 amide bonds. The van der Waals surface area contributed by atoms with Crippen LogP contribution in [-0.2, 0) is 10.0 Å². The number of benzene rings is 1. The summed E-state index contributed by atoms with van der Waals surface area (Å²) in [5.41, 5.74) is 0. The van der Waals surface area contributed by atoms with Gasteiger partial charge in [0.2, 0.25) is 10.0 Å². The van der Waals surface area contributed by atoms with E-state index in [2.05, 4.69) is 18.6 Å². The summed E-state index contributed by atoms with van der Waals surface area (Å²) in [5, 5.41) is 9.29. The molecule has 0 aliphatic carbocycles. The maximum absolute atomic E-state index is 12.0.